The average Bonchev–Trinajstić information content (AvgIpc) is 2.41. The van der Waals surface area contributed by atoms with Crippen molar-refractivity contribution in [3.63, 3.8) is 0 Å². The maximum absolute atomic E-state index is 13.0. The Bertz CT molecular complexity index is 566. The van der Waals surface area contributed by atoms with Crippen LogP contribution in [0.4, 0.5) is 4.39 Å². The Morgan fingerprint density at radius 2 is 1.80 bits per heavy atom. The molecule has 0 heterocycles. The molecule has 0 amide bonds. The molecule has 1 nitrogen and oxygen atoms in total. The van der Waals surface area contributed by atoms with E-state index in [4.69, 9.17) is 0 Å². The fourth-order valence-corrected chi connectivity index (χ4v) is 2.86. The summed E-state index contributed by atoms with van der Waals surface area (Å²) in [4.78, 5) is 1.16. The van der Waals surface area contributed by atoms with Crippen LogP contribution in [0.2, 0.25) is 0 Å². The molecule has 0 saturated heterocycles. The Morgan fingerprint density at radius 1 is 1.10 bits per heavy atom. The molecule has 0 fully saturated rings. The summed E-state index contributed by atoms with van der Waals surface area (Å²) in [6.45, 7) is 3.93. The van der Waals surface area contributed by atoms with Gasteiger partial charge >= 0.3 is 0 Å². The van der Waals surface area contributed by atoms with E-state index < -0.39 is 6.10 Å². The zero-order chi connectivity index (χ0) is 14.5. The zero-order valence-corrected chi connectivity index (χ0v) is 12.6. The van der Waals surface area contributed by atoms with Gasteiger partial charge in [0.25, 0.3) is 0 Å². The van der Waals surface area contributed by atoms with Crippen molar-refractivity contribution in [2.24, 2.45) is 0 Å². The third-order valence-electron chi connectivity index (χ3n) is 3.22. The van der Waals surface area contributed by atoms with Crippen LogP contribution in [-0.2, 0) is 6.42 Å². The molecule has 2 aromatic carbocycles. The van der Waals surface area contributed by atoms with E-state index in [1.807, 2.05) is 6.92 Å². The fourth-order valence-electron chi connectivity index (χ4n) is 2.03. The van der Waals surface area contributed by atoms with Gasteiger partial charge in [-0.1, -0.05) is 23.8 Å². The molecule has 1 N–H and O–H groups in total. The fraction of sp³-hybridized carbons (Fsp3) is 0.294. The summed E-state index contributed by atoms with van der Waals surface area (Å²) in [7, 11) is 0. The third-order valence-corrected chi connectivity index (χ3v) is 4.38. The predicted molar refractivity (Wildman–Crippen MR) is 82.8 cm³/mol. The van der Waals surface area contributed by atoms with Crippen molar-refractivity contribution in [3.05, 3.63) is 65.0 Å². The maximum Gasteiger partial charge on any atom is 0.123 e. The van der Waals surface area contributed by atoms with Crippen LogP contribution >= 0.6 is 11.8 Å². The Balaban J connectivity index is 1.89. The second-order valence-electron chi connectivity index (χ2n) is 5.05. The van der Waals surface area contributed by atoms with Gasteiger partial charge in [0.15, 0.2) is 0 Å². The lowest BCUT2D eigenvalue weighted by Gasteiger charge is -2.12. The van der Waals surface area contributed by atoms with Crippen molar-refractivity contribution in [1.29, 1.82) is 0 Å². The molecule has 0 radical (unpaired) electrons. The topological polar surface area (TPSA) is 20.2 Å². The summed E-state index contributed by atoms with van der Waals surface area (Å²) in [6.07, 6.45) is 0.135. The molecular formula is C17H19FOS. The molecule has 0 aliphatic rings. The van der Waals surface area contributed by atoms with Crippen molar-refractivity contribution in [3.8, 4) is 0 Å². The van der Waals surface area contributed by atoms with Gasteiger partial charge < -0.3 is 5.11 Å². The molecule has 0 aromatic heterocycles. The van der Waals surface area contributed by atoms with E-state index in [1.54, 1.807) is 17.8 Å². The number of aliphatic hydroxyl groups is 1. The highest BCUT2D eigenvalue weighted by Gasteiger charge is 2.09. The monoisotopic (exact) mass is 290 g/mol. The standard InChI is InChI=1S/C17H19FOS/c1-12-3-7-17(8-4-12)20-11-16(19)10-14-5-6-15(18)9-13(14)2/h3-9,16,19H,10-11H2,1-2H3. The molecule has 2 aromatic rings. The van der Waals surface area contributed by atoms with E-state index >= 15 is 0 Å². The number of aliphatic hydroxyl groups excluding tert-OH is 1. The minimum Gasteiger partial charge on any atom is -0.392 e. The molecule has 106 valence electrons. The van der Waals surface area contributed by atoms with Crippen LogP contribution in [0.5, 0.6) is 0 Å². The molecular weight excluding hydrogens is 271 g/mol. The highest BCUT2D eigenvalue weighted by molar-refractivity contribution is 7.99. The number of halogens is 1. The first-order valence-electron chi connectivity index (χ1n) is 6.67. The molecule has 2 rings (SSSR count). The van der Waals surface area contributed by atoms with Gasteiger partial charge in [0.1, 0.15) is 5.82 Å². The largest absolute Gasteiger partial charge is 0.392 e. The smallest absolute Gasteiger partial charge is 0.123 e. The lowest BCUT2D eigenvalue weighted by atomic mass is 10.0. The number of hydrogen-bond donors (Lipinski definition) is 1. The number of benzene rings is 2. The third kappa shape index (κ3) is 4.36. The van der Waals surface area contributed by atoms with Crippen LogP contribution in [0, 0.1) is 19.7 Å². The van der Waals surface area contributed by atoms with Gasteiger partial charge in [-0.25, -0.2) is 4.39 Å². The summed E-state index contributed by atoms with van der Waals surface area (Å²) in [5, 5.41) is 10.1. The van der Waals surface area contributed by atoms with Crippen molar-refractivity contribution in [2.45, 2.75) is 31.3 Å². The summed E-state index contributed by atoms with van der Waals surface area (Å²) >= 11 is 1.64. The Morgan fingerprint density at radius 3 is 2.45 bits per heavy atom. The Kier molecular flexibility index (Phi) is 5.21. The van der Waals surface area contributed by atoms with Gasteiger partial charge in [-0.05, 0) is 55.7 Å². The predicted octanol–water partition coefficient (Wildman–Crippen LogP) is 4.14. The molecule has 1 unspecified atom stereocenters. The number of aryl methyl sites for hydroxylation is 2. The molecule has 0 saturated carbocycles. The normalized spacial score (nSPS) is 12.4. The van der Waals surface area contributed by atoms with Gasteiger partial charge in [-0.3, -0.25) is 0 Å². The van der Waals surface area contributed by atoms with E-state index in [0.29, 0.717) is 12.2 Å². The van der Waals surface area contributed by atoms with Crippen LogP contribution < -0.4 is 0 Å². The summed E-state index contributed by atoms with van der Waals surface area (Å²) in [6, 6.07) is 13.0. The van der Waals surface area contributed by atoms with E-state index in [2.05, 4.69) is 31.2 Å². The highest BCUT2D eigenvalue weighted by Crippen LogP contribution is 2.21. The van der Waals surface area contributed by atoms with Crippen molar-refractivity contribution in [2.75, 3.05) is 5.75 Å². The van der Waals surface area contributed by atoms with E-state index in [1.165, 1.54) is 17.7 Å². The van der Waals surface area contributed by atoms with Crippen LogP contribution in [-0.4, -0.2) is 17.0 Å². The van der Waals surface area contributed by atoms with Crippen molar-refractivity contribution < 1.29 is 9.50 Å². The number of thioether (sulfide) groups is 1. The Labute approximate surface area is 123 Å². The van der Waals surface area contributed by atoms with E-state index in [-0.39, 0.29) is 5.82 Å². The van der Waals surface area contributed by atoms with E-state index in [9.17, 15) is 9.50 Å². The van der Waals surface area contributed by atoms with E-state index in [0.717, 1.165) is 16.0 Å². The first-order chi connectivity index (χ1) is 9.54. The molecule has 0 bridgehead atoms. The second-order valence-corrected chi connectivity index (χ2v) is 6.15. The minimum absolute atomic E-state index is 0.227. The van der Waals surface area contributed by atoms with Gasteiger partial charge in [0.2, 0.25) is 0 Å². The highest BCUT2D eigenvalue weighted by atomic mass is 32.2. The first kappa shape index (κ1) is 15.1. The lowest BCUT2D eigenvalue weighted by Crippen LogP contribution is -2.14. The van der Waals surface area contributed by atoms with Crippen LogP contribution in [0.15, 0.2) is 47.4 Å². The first-order valence-corrected chi connectivity index (χ1v) is 7.66. The minimum atomic E-state index is -0.425. The van der Waals surface area contributed by atoms with Crippen molar-refractivity contribution in [1.82, 2.24) is 0 Å². The van der Waals surface area contributed by atoms with Crippen LogP contribution in [0.3, 0.4) is 0 Å². The van der Waals surface area contributed by atoms with Gasteiger partial charge in [-0.2, -0.15) is 0 Å². The molecule has 0 aliphatic heterocycles. The molecule has 20 heavy (non-hydrogen) atoms. The quantitative estimate of drug-likeness (QED) is 0.835. The molecule has 1 atom stereocenters. The van der Waals surface area contributed by atoms with Crippen LogP contribution in [0.25, 0.3) is 0 Å². The molecule has 0 spiro atoms. The SMILES string of the molecule is Cc1ccc(SCC(O)Cc2ccc(F)cc2C)cc1. The zero-order valence-electron chi connectivity index (χ0n) is 11.8. The Hall–Kier alpha value is -1.32. The van der Waals surface area contributed by atoms with Gasteiger partial charge in [0.05, 0.1) is 6.10 Å². The maximum atomic E-state index is 13.0. The van der Waals surface area contributed by atoms with Crippen molar-refractivity contribution >= 4 is 11.8 Å². The second kappa shape index (κ2) is 6.91. The lowest BCUT2D eigenvalue weighted by molar-refractivity contribution is 0.200. The average molecular weight is 290 g/mol. The molecule has 0 aliphatic carbocycles. The van der Waals surface area contributed by atoms with Gasteiger partial charge in [0, 0.05) is 10.6 Å². The van der Waals surface area contributed by atoms with Crippen LogP contribution in [0.1, 0.15) is 16.7 Å². The molecule has 3 heteroatoms. The summed E-state index contributed by atoms with van der Waals surface area (Å²) in [5.41, 5.74) is 3.13. The summed E-state index contributed by atoms with van der Waals surface area (Å²) in [5.74, 6) is 0.412. The number of rotatable bonds is 5. The summed E-state index contributed by atoms with van der Waals surface area (Å²) < 4.78 is 13.0. The van der Waals surface area contributed by atoms with Gasteiger partial charge in [-0.15, -0.1) is 11.8 Å². The number of hydrogen-bond acceptors (Lipinski definition) is 2.